The Balaban J connectivity index is 1.82. The molecule has 18 heavy (non-hydrogen) atoms. The van der Waals surface area contributed by atoms with Crippen molar-refractivity contribution in [2.75, 3.05) is 33.4 Å². The Bertz CT molecular complexity index is 358. The van der Waals surface area contributed by atoms with Gasteiger partial charge in [-0.05, 0) is 47.9 Å². The van der Waals surface area contributed by atoms with Crippen LogP contribution in [0.4, 0.5) is 0 Å². The second-order valence-corrected chi connectivity index (χ2v) is 6.93. The summed E-state index contributed by atoms with van der Waals surface area (Å²) in [4.78, 5) is 1.38. The van der Waals surface area contributed by atoms with Crippen molar-refractivity contribution in [2.45, 2.75) is 19.4 Å². The molecule has 2 heterocycles. The molecule has 0 aliphatic carbocycles. The Kier molecular flexibility index (Phi) is 5.63. The van der Waals surface area contributed by atoms with Gasteiger partial charge in [-0.1, -0.05) is 0 Å². The highest BCUT2D eigenvalue weighted by Crippen LogP contribution is 2.28. The Morgan fingerprint density at radius 2 is 2.28 bits per heavy atom. The molecule has 0 atom stereocenters. The Hall–Kier alpha value is 0.0600. The van der Waals surface area contributed by atoms with Crippen molar-refractivity contribution >= 4 is 27.3 Å². The molecule has 5 heteroatoms. The van der Waals surface area contributed by atoms with E-state index in [1.165, 1.54) is 22.2 Å². The summed E-state index contributed by atoms with van der Waals surface area (Å²) in [5.41, 5.74) is 0.314. The van der Waals surface area contributed by atoms with Gasteiger partial charge < -0.3 is 15.4 Å². The first-order chi connectivity index (χ1) is 8.74. The second kappa shape index (κ2) is 7.01. The van der Waals surface area contributed by atoms with Gasteiger partial charge in [0.25, 0.3) is 0 Å². The maximum Gasteiger partial charge on any atom is 0.0531 e. The van der Waals surface area contributed by atoms with Crippen molar-refractivity contribution in [1.29, 1.82) is 0 Å². The van der Waals surface area contributed by atoms with Crippen LogP contribution in [0, 0.1) is 5.41 Å². The molecule has 1 aliphatic rings. The van der Waals surface area contributed by atoms with Gasteiger partial charge in [-0.15, -0.1) is 11.3 Å². The minimum Gasteiger partial charge on any atom is -0.384 e. The average molecular weight is 333 g/mol. The summed E-state index contributed by atoms with van der Waals surface area (Å²) in [5, 5.41) is 9.15. The fourth-order valence-corrected chi connectivity index (χ4v) is 3.95. The first kappa shape index (κ1) is 14.5. The lowest BCUT2D eigenvalue weighted by molar-refractivity contribution is 0.0535. The largest absolute Gasteiger partial charge is 0.384 e. The van der Waals surface area contributed by atoms with Gasteiger partial charge in [-0.3, -0.25) is 0 Å². The highest BCUT2D eigenvalue weighted by atomic mass is 79.9. The summed E-state index contributed by atoms with van der Waals surface area (Å²) < 4.78 is 6.60. The lowest BCUT2D eigenvalue weighted by Gasteiger charge is -2.37. The molecule has 0 spiro atoms. The van der Waals surface area contributed by atoms with E-state index >= 15 is 0 Å². The fourth-order valence-electron chi connectivity index (χ4n) is 2.53. The van der Waals surface area contributed by atoms with Crippen LogP contribution in [-0.4, -0.2) is 33.4 Å². The van der Waals surface area contributed by atoms with Crippen LogP contribution >= 0.6 is 27.3 Å². The molecule has 102 valence electrons. The Labute approximate surface area is 121 Å². The first-order valence-corrected chi connectivity index (χ1v) is 8.05. The van der Waals surface area contributed by atoms with E-state index in [4.69, 9.17) is 4.74 Å². The first-order valence-electron chi connectivity index (χ1n) is 6.37. The molecular weight excluding hydrogens is 312 g/mol. The minimum absolute atomic E-state index is 0.314. The maximum absolute atomic E-state index is 5.42. The molecule has 0 unspecified atom stereocenters. The summed E-state index contributed by atoms with van der Waals surface area (Å²) in [6, 6.07) is 2.18. The van der Waals surface area contributed by atoms with Crippen LogP contribution in [0.25, 0.3) is 0 Å². The SMILES string of the molecule is COCC1(CNCc2cc(Br)cs2)CCNCC1. The molecular formula is C13H21BrN2OS. The third-order valence-corrected chi connectivity index (χ3v) is 5.23. The van der Waals surface area contributed by atoms with Gasteiger partial charge in [0, 0.05) is 40.3 Å². The van der Waals surface area contributed by atoms with E-state index in [1.807, 2.05) is 0 Å². The topological polar surface area (TPSA) is 33.3 Å². The number of thiophene rings is 1. The van der Waals surface area contributed by atoms with Crippen LogP contribution in [0.5, 0.6) is 0 Å². The number of hydrogen-bond donors (Lipinski definition) is 2. The van der Waals surface area contributed by atoms with E-state index in [2.05, 4.69) is 38.0 Å². The molecule has 1 fully saturated rings. The zero-order valence-electron chi connectivity index (χ0n) is 10.8. The van der Waals surface area contributed by atoms with Gasteiger partial charge in [0.2, 0.25) is 0 Å². The van der Waals surface area contributed by atoms with Crippen molar-refractivity contribution in [2.24, 2.45) is 5.41 Å². The monoisotopic (exact) mass is 332 g/mol. The number of halogens is 1. The molecule has 1 aromatic heterocycles. The molecule has 0 radical (unpaired) electrons. The summed E-state index contributed by atoms with van der Waals surface area (Å²) >= 11 is 5.29. The zero-order chi connectivity index (χ0) is 12.8. The maximum atomic E-state index is 5.42. The van der Waals surface area contributed by atoms with Gasteiger partial charge >= 0.3 is 0 Å². The van der Waals surface area contributed by atoms with E-state index in [0.717, 1.165) is 32.8 Å². The number of ether oxygens (including phenoxy) is 1. The highest BCUT2D eigenvalue weighted by Gasteiger charge is 2.31. The van der Waals surface area contributed by atoms with Crippen LogP contribution in [-0.2, 0) is 11.3 Å². The van der Waals surface area contributed by atoms with Gasteiger partial charge in [0.1, 0.15) is 0 Å². The van der Waals surface area contributed by atoms with Crippen LogP contribution in [0.15, 0.2) is 15.9 Å². The molecule has 1 saturated heterocycles. The van der Waals surface area contributed by atoms with Crippen molar-refractivity contribution in [3.8, 4) is 0 Å². The highest BCUT2D eigenvalue weighted by molar-refractivity contribution is 9.10. The summed E-state index contributed by atoms with van der Waals surface area (Å²) in [5.74, 6) is 0. The lowest BCUT2D eigenvalue weighted by Crippen LogP contribution is -2.45. The Morgan fingerprint density at radius 3 is 2.89 bits per heavy atom. The van der Waals surface area contributed by atoms with Crippen molar-refractivity contribution in [1.82, 2.24) is 10.6 Å². The predicted molar refractivity (Wildman–Crippen MR) is 80.1 cm³/mol. The van der Waals surface area contributed by atoms with E-state index in [-0.39, 0.29) is 0 Å². The van der Waals surface area contributed by atoms with E-state index in [1.54, 1.807) is 18.4 Å². The molecule has 0 amide bonds. The third kappa shape index (κ3) is 4.03. The standard InChI is InChI=1S/C13H21BrN2OS/c1-17-10-13(2-4-15-5-3-13)9-16-7-12-6-11(14)8-18-12/h6,8,15-16H,2-5,7,9-10H2,1H3. The smallest absolute Gasteiger partial charge is 0.0531 e. The molecule has 2 rings (SSSR count). The quantitative estimate of drug-likeness (QED) is 0.840. The zero-order valence-corrected chi connectivity index (χ0v) is 13.2. The van der Waals surface area contributed by atoms with Gasteiger partial charge in [0.05, 0.1) is 6.61 Å². The van der Waals surface area contributed by atoms with Crippen molar-refractivity contribution in [3.05, 3.63) is 20.8 Å². The molecule has 0 saturated carbocycles. The predicted octanol–water partition coefficient (Wildman–Crippen LogP) is 2.62. The number of piperidine rings is 1. The van der Waals surface area contributed by atoms with Crippen molar-refractivity contribution in [3.63, 3.8) is 0 Å². The summed E-state index contributed by atoms with van der Waals surface area (Å²) in [7, 11) is 1.81. The van der Waals surface area contributed by atoms with Crippen LogP contribution < -0.4 is 10.6 Å². The third-order valence-electron chi connectivity index (χ3n) is 3.54. The van der Waals surface area contributed by atoms with Crippen LogP contribution in [0.1, 0.15) is 17.7 Å². The van der Waals surface area contributed by atoms with E-state index in [9.17, 15) is 0 Å². The average Bonchev–Trinajstić information content (AvgIpc) is 2.77. The van der Waals surface area contributed by atoms with Gasteiger partial charge in [-0.2, -0.15) is 0 Å². The van der Waals surface area contributed by atoms with Crippen LogP contribution in [0.3, 0.4) is 0 Å². The molecule has 0 aromatic carbocycles. The van der Waals surface area contributed by atoms with Gasteiger partial charge in [0.15, 0.2) is 0 Å². The van der Waals surface area contributed by atoms with Crippen LogP contribution in [0.2, 0.25) is 0 Å². The molecule has 1 aliphatic heterocycles. The van der Waals surface area contributed by atoms with Gasteiger partial charge in [-0.25, -0.2) is 0 Å². The number of methoxy groups -OCH3 is 1. The lowest BCUT2D eigenvalue weighted by atomic mass is 9.79. The van der Waals surface area contributed by atoms with E-state index < -0.39 is 0 Å². The number of hydrogen-bond acceptors (Lipinski definition) is 4. The minimum atomic E-state index is 0.314. The molecule has 3 nitrogen and oxygen atoms in total. The van der Waals surface area contributed by atoms with E-state index in [0.29, 0.717) is 5.41 Å². The summed E-state index contributed by atoms with van der Waals surface area (Å²) in [6.45, 7) is 5.06. The number of nitrogens with one attached hydrogen (secondary N) is 2. The van der Waals surface area contributed by atoms with Crippen molar-refractivity contribution < 1.29 is 4.74 Å². The second-order valence-electron chi connectivity index (χ2n) is 5.02. The Morgan fingerprint density at radius 1 is 1.50 bits per heavy atom. The molecule has 0 bridgehead atoms. The summed E-state index contributed by atoms with van der Waals surface area (Å²) in [6.07, 6.45) is 2.39. The molecule has 1 aromatic rings. The number of rotatable bonds is 6. The fraction of sp³-hybridized carbons (Fsp3) is 0.692. The normalized spacial score (nSPS) is 19.0. The molecule has 2 N–H and O–H groups in total.